The highest BCUT2D eigenvalue weighted by atomic mass is 15.2. The number of hydrogen-bond donors (Lipinski definition) is 1. The largest absolute Gasteiger partial charge is 0.321 e. The molecule has 4 heteroatoms. The molecule has 0 aromatic carbocycles. The van der Waals surface area contributed by atoms with E-state index in [1.54, 1.807) is 6.33 Å². The SMILES string of the molecule is Cn1cnnc1CCNC1CCCC1(C)C. The minimum absolute atomic E-state index is 0.458. The maximum atomic E-state index is 4.09. The average molecular weight is 222 g/mol. The van der Waals surface area contributed by atoms with Crippen LogP contribution in [0.3, 0.4) is 0 Å². The van der Waals surface area contributed by atoms with Crippen LogP contribution in [0.1, 0.15) is 38.9 Å². The van der Waals surface area contributed by atoms with Crippen LogP contribution in [0.15, 0.2) is 6.33 Å². The van der Waals surface area contributed by atoms with Gasteiger partial charge in [0, 0.05) is 26.1 Å². The first-order chi connectivity index (χ1) is 7.59. The van der Waals surface area contributed by atoms with Gasteiger partial charge in [0.2, 0.25) is 0 Å². The summed E-state index contributed by atoms with van der Waals surface area (Å²) in [5, 5.41) is 11.6. The van der Waals surface area contributed by atoms with Crippen molar-refractivity contribution in [3.8, 4) is 0 Å². The number of nitrogens with zero attached hydrogens (tertiary/aromatic N) is 3. The maximum absolute atomic E-state index is 4.09. The van der Waals surface area contributed by atoms with Gasteiger partial charge in [-0.3, -0.25) is 0 Å². The Hall–Kier alpha value is -0.900. The Bertz CT molecular complexity index is 343. The molecule has 0 amide bonds. The van der Waals surface area contributed by atoms with Crippen molar-refractivity contribution < 1.29 is 0 Å². The highest BCUT2D eigenvalue weighted by Gasteiger charge is 2.33. The summed E-state index contributed by atoms with van der Waals surface area (Å²) in [6.45, 7) is 5.72. The normalized spacial score (nSPS) is 23.8. The summed E-state index contributed by atoms with van der Waals surface area (Å²) in [7, 11) is 1.99. The molecule has 0 bridgehead atoms. The smallest absolute Gasteiger partial charge is 0.133 e. The van der Waals surface area contributed by atoms with Gasteiger partial charge in [-0.15, -0.1) is 10.2 Å². The highest BCUT2D eigenvalue weighted by molar-refractivity contribution is 4.92. The fourth-order valence-corrected chi connectivity index (χ4v) is 2.60. The zero-order chi connectivity index (χ0) is 11.6. The predicted octanol–water partition coefficient (Wildman–Crippen LogP) is 1.53. The van der Waals surface area contributed by atoms with E-state index in [0.717, 1.165) is 18.8 Å². The van der Waals surface area contributed by atoms with Crippen LogP contribution >= 0.6 is 0 Å². The fourth-order valence-electron chi connectivity index (χ4n) is 2.60. The second-order valence-electron chi connectivity index (χ2n) is 5.50. The van der Waals surface area contributed by atoms with Gasteiger partial charge in [-0.25, -0.2) is 0 Å². The van der Waals surface area contributed by atoms with E-state index in [1.165, 1.54) is 19.3 Å². The van der Waals surface area contributed by atoms with E-state index in [1.807, 2.05) is 11.6 Å². The highest BCUT2D eigenvalue weighted by Crippen LogP contribution is 2.36. The Morgan fingerprint density at radius 2 is 2.38 bits per heavy atom. The molecular formula is C12H22N4. The van der Waals surface area contributed by atoms with E-state index in [0.29, 0.717) is 11.5 Å². The van der Waals surface area contributed by atoms with Crippen molar-refractivity contribution in [3.63, 3.8) is 0 Å². The molecule has 1 aromatic rings. The van der Waals surface area contributed by atoms with Crippen LogP contribution in [-0.2, 0) is 13.5 Å². The van der Waals surface area contributed by atoms with Gasteiger partial charge in [0.25, 0.3) is 0 Å². The molecule has 90 valence electrons. The quantitative estimate of drug-likeness (QED) is 0.840. The van der Waals surface area contributed by atoms with Crippen molar-refractivity contribution >= 4 is 0 Å². The van der Waals surface area contributed by atoms with Crippen LogP contribution in [0.4, 0.5) is 0 Å². The van der Waals surface area contributed by atoms with Gasteiger partial charge in [-0.2, -0.15) is 0 Å². The van der Waals surface area contributed by atoms with Gasteiger partial charge in [0.05, 0.1) is 0 Å². The number of hydrogen-bond acceptors (Lipinski definition) is 3. The molecule has 4 nitrogen and oxygen atoms in total. The Balaban J connectivity index is 1.78. The van der Waals surface area contributed by atoms with E-state index in [-0.39, 0.29) is 0 Å². The molecule has 1 saturated carbocycles. The van der Waals surface area contributed by atoms with Crippen molar-refractivity contribution in [3.05, 3.63) is 12.2 Å². The first kappa shape index (κ1) is 11.6. The van der Waals surface area contributed by atoms with E-state index < -0.39 is 0 Å². The Morgan fingerprint density at radius 1 is 1.56 bits per heavy atom. The molecule has 0 radical (unpaired) electrons. The average Bonchev–Trinajstić information content (AvgIpc) is 2.75. The van der Waals surface area contributed by atoms with Crippen LogP contribution in [-0.4, -0.2) is 27.4 Å². The van der Waals surface area contributed by atoms with Gasteiger partial charge in [0.1, 0.15) is 12.2 Å². The molecule has 1 atom stereocenters. The number of aryl methyl sites for hydroxylation is 1. The topological polar surface area (TPSA) is 42.7 Å². The monoisotopic (exact) mass is 222 g/mol. The zero-order valence-electron chi connectivity index (χ0n) is 10.5. The number of nitrogens with one attached hydrogen (secondary N) is 1. The molecule has 1 aromatic heterocycles. The van der Waals surface area contributed by atoms with Crippen molar-refractivity contribution in [2.75, 3.05) is 6.54 Å². The maximum Gasteiger partial charge on any atom is 0.133 e. The molecule has 1 aliphatic carbocycles. The summed E-state index contributed by atoms with van der Waals surface area (Å²) in [4.78, 5) is 0. The Morgan fingerprint density at radius 3 is 2.94 bits per heavy atom. The second-order valence-corrected chi connectivity index (χ2v) is 5.50. The minimum atomic E-state index is 0.458. The van der Waals surface area contributed by atoms with Crippen LogP contribution in [0.2, 0.25) is 0 Å². The summed E-state index contributed by atoms with van der Waals surface area (Å²) in [5.41, 5.74) is 0.458. The Kier molecular flexibility index (Phi) is 3.28. The van der Waals surface area contributed by atoms with Crippen molar-refractivity contribution in [1.29, 1.82) is 0 Å². The van der Waals surface area contributed by atoms with Gasteiger partial charge in [-0.05, 0) is 18.3 Å². The standard InChI is InChI=1S/C12H22N4/c1-12(2)7-4-5-10(12)13-8-6-11-15-14-9-16(11)3/h9-10,13H,4-8H2,1-3H3. The van der Waals surface area contributed by atoms with Gasteiger partial charge in [0.15, 0.2) is 0 Å². The molecular weight excluding hydrogens is 200 g/mol. The van der Waals surface area contributed by atoms with E-state index in [4.69, 9.17) is 0 Å². The molecule has 0 saturated heterocycles. The van der Waals surface area contributed by atoms with Crippen molar-refractivity contribution in [2.24, 2.45) is 12.5 Å². The van der Waals surface area contributed by atoms with Crippen molar-refractivity contribution in [2.45, 2.75) is 45.6 Å². The Labute approximate surface area is 97.5 Å². The second kappa shape index (κ2) is 4.53. The molecule has 2 rings (SSSR count). The fraction of sp³-hybridized carbons (Fsp3) is 0.833. The van der Waals surface area contributed by atoms with Crippen LogP contribution in [0.25, 0.3) is 0 Å². The first-order valence-electron chi connectivity index (χ1n) is 6.16. The van der Waals surface area contributed by atoms with E-state index >= 15 is 0 Å². The number of aromatic nitrogens is 3. The van der Waals surface area contributed by atoms with Crippen molar-refractivity contribution in [1.82, 2.24) is 20.1 Å². The molecule has 1 N–H and O–H groups in total. The lowest BCUT2D eigenvalue weighted by atomic mass is 9.87. The van der Waals surface area contributed by atoms with Crippen LogP contribution in [0, 0.1) is 5.41 Å². The lowest BCUT2D eigenvalue weighted by molar-refractivity contribution is 0.284. The first-order valence-corrected chi connectivity index (χ1v) is 6.16. The van der Waals surface area contributed by atoms with Gasteiger partial charge < -0.3 is 9.88 Å². The van der Waals surface area contributed by atoms with Gasteiger partial charge >= 0.3 is 0 Å². The third-order valence-electron chi connectivity index (χ3n) is 3.80. The molecule has 1 heterocycles. The van der Waals surface area contributed by atoms with Crippen LogP contribution in [0.5, 0.6) is 0 Å². The molecule has 0 aliphatic heterocycles. The third-order valence-corrected chi connectivity index (χ3v) is 3.80. The van der Waals surface area contributed by atoms with Gasteiger partial charge in [-0.1, -0.05) is 20.3 Å². The molecule has 1 aliphatic rings. The summed E-state index contributed by atoms with van der Waals surface area (Å²) in [6.07, 6.45) is 6.73. The predicted molar refractivity (Wildman–Crippen MR) is 64.1 cm³/mol. The summed E-state index contributed by atoms with van der Waals surface area (Å²) >= 11 is 0. The molecule has 0 spiro atoms. The van der Waals surface area contributed by atoms with E-state index in [9.17, 15) is 0 Å². The lowest BCUT2D eigenvalue weighted by Gasteiger charge is -2.27. The summed E-state index contributed by atoms with van der Waals surface area (Å²) in [6, 6.07) is 0.667. The summed E-state index contributed by atoms with van der Waals surface area (Å²) < 4.78 is 1.99. The summed E-state index contributed by atoms with van der Waals surface area (Å²) in [5.74, 6) is 1.06. The lowest BCUT2D eigenvalue weighted by Crippen LogP contribution is -2.38. The molecule has 1 fully saturated rings. The third kappa shape index (κ3) is 2.43. The zero-order valence-corrected chi connectivity index (χ0v) is 10.5. The molecule has 1 unspecified atom stereocenters. The van der Waals surface area contributed by atoms with Crippen LogP contribution < -0.4 is 5.32 Å². The van der Waals surface area contributed by atoms with E-state index in [2.05, 4.69) is 29.4 Å². The minimum Gasteiger partial charge on any atom is -0.321 e. The number of rotatable bonds is 4. The molecule has 16 heavy (non-hydrogen) atoms.